The maximum atomic E-state index is 13.6. The number of amides is 4. The van der Waals surface area contributed by atoms with Crippen LogP contribution in [0.4, 0.5) is 9.59 Å². The first-order chi connectivity index (χ1) is 16.9. The average Bonchev–Trinajstić information content (AvgIpc) is 2.90. The molecule has 3 saturated carbocycles. The minimum Gasteiger partial charge on any atom is -0.293 e. The molecule has 8 nitrogen and oxygen atoms in total. The Bertz CT molecular complexity index is 643. The summed E-state index contributed by atoms with van der Waals surface area (Å²) in [6, 6.07) is 1.27. The maximum Gasteiger partial charge on any atom is 0.331 e. The van der Waals surface area contributed by atoms with Crippen molar-refractivity contribution in [3.8, 4) is 0 Å². The number of imide groups is 1. The highest BCUT2D eigenvalue weighted by Crippen LogP contribution is 2.26. The molecule has 1 heterocycles. The highest BCUT2D eigenvalue weighted by Gasteiger charge is 2.40. The van der Waals surface area contributed by atoms with E-state index in [1.807, 2.05) is 9.80 Å². The average molecular weight is 491 g/mol. The van der Waals surface area contributed by atoms with Gasteiger partial charge < -0.3 is 0 Å². The second-order valence-corrected chi connectivity index (χ2v) is 11.8. The van der Waals surface area contributed by atoms with Gasteiger partial charge in [-0.25, -0.2) is 14.5 Å². The lowest BCUT2D eigenvalue weighted by atomic mass is 9.95. The quantitative estimate of drug-likeness (QED) is 0.466. The number of nitrogens with zero attached hydrogens (tertiary/aromatic N) is 6. The normalized spacial score (nSPS) is 24.5. The van der Waals surface area contributed by atoms with Crippen LogP contribution in [-0.4, -0.2) is 107 Å². The third kappa shape index (κ3) is 6.89. The number of hydrogen-bond donors (Lipinski definition) is 0. The molecule has 0 aromatic heterocycles. The third-order valence-electron chi connectivity index (χ3n) is 9.09. The van der Waals surface area contributed by atoms with E-state index in [1.165, 1.54) is 88.4 Å². The fraction of sp³-hybridized carbons (Fsp3) is 0.926. The number of urea groups is 2. The highest BCUT2D eigenvalue weighted by atomic mass is 16.2. The zero-order chi connectivity index (χ0) is 24.8. The summed E-state index contributed by atoms with van der Waals surface area (Å²) >= 11 is 0. The Morgan fingerprint density at radius 3 is 1.20 bits per heavy atom. The molecule has 4 amide bonds. The van der Waals surface area contributed by atoms with Gasteiger partial charge in [-0.2, -0.15) is 0 Å². The van der Waals surface area contributed by atoms with E-state index in [2.05, 4.69) is 35.8 Å². The lowest BCUT2D eigenvalue weighted by Gasteiger charge is -2.46. The van der Waals surface area contributed by atoms with Crippen molar-refractivity contribution in [3.05, 3.63) is 0 Å². The monoisotopic (exact) mass is 490 g/mol. The number of carbonyl (C=O) groups excluding carboxylic acids is 2. The second kappa shape index (κ2) is 12.7. The van der Waals surface area contributed by atoms with Crippen molar-refractivity contribution < 1.29 is 9.59 Å². The lowest BCUT2D eigenvalue weighted by molar-refractivity contribution is 0.00526. The SMILES string of the molecule is CN(CN1CN(CN(C)C2CCCCC2)C(=O)N(CN(C)C2CCCCC2)C1=O)C1CCCCC1. The van der Waals surface area contributed by atoms with Crippen molar-refractivity contribution in [2.45, 2.75) is 114 Å². The van der Waals surface area contributed by atoms with Gasteiger partial charge in [0.15, 0.2) is 0 Å². The van der Waals surface area contributed by atoms with E-state index in [9.17, 15) is 9.59 Å². The van der Waals surface area contributed by atoms with Crippen LogP contribution >= 0.6 is 0 Å². The molecule has 0 N–H and O–H groups in total. The van der Waals surface area contributed by atoms with Crippen LogP contribution < -0.4 is 0 Å². The largest absolute Gasteiger partial charge is 0.331 e. The van der Waals surface area contributed by atoms with Crippen LogP contribution in [0.5, 0.6) is 0 Å². The van der Waals surface area contributed by atoms with Crippen LogP contribution in [0.15, 0.2) is 0 Å². The van der Waals surface area contributed by atoms with Crippen LogP contribution in [0.1, 0.15) is 96.3 Å². The molecule has 1 aliphatic heterocycles. The molecule has 4 aliphatic rings. The summed E-state index contributed by atoms with van der Waals surface area (Å²) in [4.78, 5) is 39.5. The van der Waals surface area contributed by atoms with E-state index in [1.54, 1.807) is 0 Å². The summed E-state index contributed by atoms with van der Waals surface area (Å²) in [5.41, 5.74) is 0. The predicted molar refractivity (Wildman–Crippen MR) is 140 cm³/mol. The van der Waals surface area contributed by atoms with Gasteiger partial charge in [0.25, 0.3) is 0 Å². The minimum atomic E-state index is -0.128. The number of carbonyl (C=O) groups is 2. The van der Waals surface area contributed by atoms with Crippen LogP contribution in [0.2, 0.25) is 0 Å². The van der Waals surface area contributed by atoms with Gasteiger partial charge in [-0.3, -0.25) is 24.5 Å². The summed E-state index contributed by atoms with van der Waals surface area (Å²) in [6.07, 6.45) is 18.7. The fourth-order valence-electron chi connectivity index (χ4n) is 6.76. The minimum absolute atomic E-state index is 0.128. The van der Waals surface area contributed by atoms with E-state index in [0.717, 1.165) is 12.8 Å². The van der Waals surface area contributed by atoms with Gasteiger partial charge in [0.2, 0.25) is 0 Å². The molecule has 8 heteroatoms. The molecule has 0 atom stereocenters. The maximum absolute atomic E-state index is 13.6. The topological polar surface area (TPSA) is 53.6 Å². The van der Waals surface area contributed by atoms with Crippen LogP contribution in [0.3, 0.4) is 0 Å². The summed E-state index contributed by atoms with van der Waals surface area (Å²) in [5.74, 6) is 0. The summed E-state index contributed by atoms with van der Waals surface area (Å²) < 4.78 is 0. The molecular weight excluding hydrogens is 440 g/mol. The van der Waals surface area contributed by atoms with Crippen molar-refractivity contribution in [2.24, 2.45) is 0 Å². The highest BCUT2D eigenvalue weighted by molar-refractivity contribution is 5.95. The summed E-state index contributed by atoms with van der Waals surface area (Å²) in [7, 11) is 6.38. The van der Waals surface area contributed by atoms with Gasteiger partial charge >= 0.3 is 12.1 Å². The molecule has 0 bridgehead atoms. The Morgan fingerprint density at radius 1 is 0.543 bits per heavy atom. The summed E-state index contributed by atoms with van der Waals surface area (Å²) in [5, 5.41) is 0. The van der Waals surface area contributed by atoms with Gasteiger partial charge in [-0.15, -0.1) is 0 Å². The van der Waals surface area contributed by atoms with Gasteiger partial charge in [-0.05, 0) is 59.7 Å². The van der Waals surface area contributed by atoms with Crippen LogP contribution in [0, 0.1) is 0 Å². The molecule has 0 spiro atoms. The van der Waals surface area contributed by atoms with Crippen molar-refractivity contribution >= 4 is 12.1 Å². The predicted octanol–water partition coefficient (Wildman–Crippen LogP) is 4.77. The van der Waals surface area contributed by atoms with E-state index in [4.69, 9.17) is 0 Å². The van der Waals surface area contributed by atoms with E-state index >= 15 is 0 Å². The van der Waals surface area contributed by atoms with Crippen LogP contribution in [-0.2, 0) is 0 Å². The first-order valence-electron chi connectivity index (χ1n) is 14.4. The van der Waals surface area contributed by atoms with Gasteiger partial charge in [0.1, 0.15) is 6.67 Å². The molecule has 4 rings (SSSR count). The Kier molecular flexibility index (Phi) is 9.70. The second-order valence-electron chi connectivity index (χ2n) is 11.8. The third-order valence-corrected chi connectivity index (χ3v) is 9.09. The molecule has 3 aliphatic carbocycles. The Balaban J connectivity index is 1.45. The molecule has 0 aromatic rings. The van der Waals surface area contributed by atoms with Crippen molar-refractivity contribution in [1.82, 2.24) is 29.4 Å². The number of hydrogen-bond acceptors (Lipinski definition) is 5. The lowest BCUT2D eigenvalue weighted by Crippen LogP contribution is -2.66. The van der Waals surface area contributed by atoms with Crippen molar-refractivity contribution in [3.63, 3.8) is 0 Å². The Labute approximate surface area is 213 Å². The molecule has 1 saturated heterocycles. The summed E-state index contributed by atoms with van der Waals surface area (Å²) in [6.45, 7) is 1.94. The molecule has 35 heavy (non-hydrogen) atoms. The molecular formula is C27H50N6O2. The fourth-order valence-corrected chi connectivity index (χ4v) is 6.76. The van der Waals surface area contributed by atoms with Crippen LogP contribution in [0.25, 0.3) is 0 Å². The van der Waals surface area contributed by atoms with Gasteiger partial charge in [-0.1, -0.05) is 57.8 Å². The Morgan fingerprint density at radius 2 is 0.857 bits per heavy atom. The first-order valence-corrected chi connectivity index (χ1v) is 14.4. The standard InChI is InChI=1S/C27H50N6O2/c1-28(23-13-7-4-8-14-23)19-31-22-32(20-29(2)24-15-9-5-10-16-24)27(35)33(26(31)34)21-30(3)25-17-11-6-12-18-25/h23-25H,4-22H2,1-3H3. The first kappa shape index (κ1) is 26.7. The number of rotatable bonds is 9. The molecule has 0 aromatic carbocycles. The van der Waals surface area contributed by atoms with E-state index in [0.29, 0.717) is 44.8 Å². The molecule has 4 fully saturated rings. The Hall–Kier alpha value is -1.38. The molecule has 0 radical (unpaired) electrons. The van der Waals surface area contributed by atoms with Gasteiger partial charge in [0.05, 0.1) is 20.0 Å². The van der Waals surface area contributed by atoms with Crippen molar-refractivity contribution in [2.75, 3.05) is 47.8 Å². The van der Waals surface area contributed by atoms with Gasteiger partial charge in [0, 0.05) is 18.1 Å². The molecule has 200 valence electrons. The zero-order valence-electron chi connectivity index (χ0n) is 22.7. The van der Waals surface area contributed by atoms with E-state index in [-0.39, 0.29) is 12.1 Å². The zero-order valence-corrected chi connectivity index (χ0v) is 22.7. The molecule has 0 unspecified atom stereocenters. The van der Waals surface area contributed by atoms with Crippen molar-refractivity contribution in [1.29, 1.82) is 0 Å². The smallest absolute Gasteiger partial charge is 0.293 e. The van der Waals surface area contributed by atoms with E-state index < -0.39 is 0 Å².